The second-order valence-corrected chi connectivity index (χ2v) is 11.9. The van der Waals surface area contributed by atoms with Crippen LogP contribution in [0.4, 0.5) is 17.6 Å². The molecule has 0 spiro atoms. The molecule has 1 unspecified atom stereocenters. The molecule has 3 fully saturated rings. The summed E-state index contributed by atoms with van der Waals surface area (Å²) in [6.07, 6.45) is 2.64. The van der Waals surface area contributed by atoms with E-state index in [-0.39, 0.29) is 31.1 Å². The highest BCUT2D eigenvalue weighted by molar-refractivity contribution is 5.69. The van der Waals surface area contributed by atoms with Gasteiger partial charge < -0.3 is 14.5 Å². The predicted molar refractivity (Wildman–Crippen MR) is 146 cm³/mol. The zero-order valence-electron chi connectivity index (χ0n) is 22.8. The lowest BCUT2D eigenvalue weighted by Crippen LogP contribution is -2.53. The zero-order chi connectivity index (χ0) is 27.6. The Bertz CT molecular complexity index is 1140. The van der Waals surface area contributed by atoms with Crippen molar-refractivity contribution >= 4 is 5.70 Å². The number of likely N-dealkylation sites (tertiary alicyclic amines) is 2. The van der Waals surface area contributed by atoms with Crippen molar-refractivity contribution in [2.75, 3.05) is 39.3 Å². The molecule has 1 aliphatic carbocycles. The van der Waals surface area contributed by atoms with Gasteiger partial charge >= 0.3 is 6.18 Å². The molecule has 3 aliphatic rings. The van der Waals surface area contributed by atoms with Crippen LogP contribution in [0.2, 0.25) is 0 Å². The Morgan fingerprint density at radius 3 is 2.44 bits per heavy atom. The van der Waals surface area contributed by atoms with Gasteiger partial charge in [0.2, 0.25) is 5.88 Å². The molecule has 3 heterocycles. The summed E-state index contributed by atoms with van der Waals surface area (Å²) in [5.74, 6) is 1.06. The number of alkyl halides is 3. The van der Waals surface area contributed by atoms with Crippen molar-refractivity contribution in [3.8, 4) is 17.0 Å². The Labute approximate surface area is 229 Å². The molecule has 2 saturated heterocycles. The number of benzene rings is 1. The molecule has 1 atom stereocenters. The van der Waals surface area contributed by atoms with E-state index in [1.54, 1.807) is 30.5 Å². The monoisotopic (exact) mass is 545 g/mol. The molecule has 212 valence electrons. The number of hydrogen-bond donors (Lipinski definition) is 0. The number of rotatable bonds is 8. The summed E-state index contributed by atoms with van der Waals surface area (Å²) >= 11 is 0. The fourth-order valence-electron chi connectivity index (χ4n) is 6.25. The molecule has 39 heavy (non-hydrogen) atoms. The largest absolute Gasteiger partial charge is 0.477 e. The Balaban J connectivity index is 1.11. The summed E-state index contributed by atoms with van der Waals surface area (Å²) in [7, 11) is 0. The van der Waals surface area contributed by atoms with Crippen LogP contribution in [-0.2, 0) is 0 Å². The second-order valence-electron chi connectivity index (χ2n) is 11.9. The van der Waals surface area contributed by atoms with Crippen LogP contribution in [-0.4, -0.2) is 60.3 Å². The van der Waals surface area contributed by atoms with Crippen LogP contribution in [0.1, 0.15) is 57.4 Å². The van der Waals surface area contributed by atoms with Gasteiger partial charge in [-0.1, -0.05) is 32.1 Å². The van der Waals surface area contributed by atoms with Gasteiger partial charge in [-0.2, -0.15) is 13.2 Å². The molecule has 0 radical (unpaired) electrons. The SMILES string of the molecule is C=C(c1ccc(-c2ccc(OCC3CCN(CC4(C(F)(F)F)CCC4)CC3)nc2)c(F)c1)N1CCCC(C)C1. The summed E-state index contributed by atoms with van der Waals surface area (Å²) in [5.41, 5.74) is 1.31. The maximum atomic E-state index is 15.1. The van der Waals surface area contributed by atoms with Gasteiger partial charge in [0.15, 0.2) is 0 Å². The molecular formula is C31H39F4N3O. The molecule has 1 aromatic carbocycles. The number of ether oxygens (including phenoxy) is 1. The van der Waals surface area contributed by atoms with E-state index in [0.717, 1.165) is 43.6 Å². The lowest BCUT2D eigenvalue weighted by molar-refractivity contribution is -0.256. The summed E-state index contributed by atoms with van der Waals surface area (Å²) in [6, 6.07) is 8.80. The lowest BCUT2D eigenvalue weighted by Gasteiger charge is -2.47. The van der Waals surface area contributed by atoms with E-state index in [2.05, 4.69) is 23.4 Å². The minimum absolute atomic E-state index is 0.121. The third-order valence-electron chi connectivity index (χ3n) is 9.00. The van der Waals surface area contributed by atoms with E-state index < -0.39 is 11.6 Å². The molecule has 0 amide bonds. The third kappa shape index (κ3) is 6.26. The van der Waals surface area contributed by atoms with Crippen LogP contribution in [0.25, 0.3) is 16.8 Å². The minimum Gasteiger partial charge on any atom is -0.477 e. The average molecular weight is 546 g/mol. The van der Waals surface area contributed by atoms with Crippen molar-refractivity contribution in [3.63, 3.8) is 0 Å². The van der Waals surface area contributed by atoms with Gasteiger partial charge in [0.1, 0.15) is 5.82 Å². The average Bonchev–Trinajstić information content (AvgIpc) is 2.89. The first kappa shape index (κ1) is 27.9. The molecular weight excluding hydrogens is 506 g/mol. The number of nitrogens with zero attached hydrogens (tertiary/aromatic N) is 3. The molecule has 1 aromatic heterocycles. The van der Waals surface area contributed by atoms with E-state index in [1.807, 2.05) is 11.0 Å². The van der Waals surface area contributed by atoms with Gasteiger partial charge in [0, 0.05) is 54.3 Å². The van der Waals surface area contributed by atoms with Crippen LogP contribution < -0.4 is 4.74 Å². The van der Waals surface area contributed by atoms with E-state index >= 15 is 4.39 Å². The van der Waals surface area contributed by atoms with Gasteiger partial charge in [-0.05, 0) is 75.6 Å². The maximum Gasteiger partial charge on any atom is 0.395 e. The Kier molecular flexibility index (Phi) is 8.22. The van der Waals surface area contributed by atoms with Crippen molar-refractivity contribution < 1.29 is 22.3 Å². The first-order valence-corrected chi connectivity index (χ1v) is 14.3. The Hall–Kier alpha value is -2.61. The maximum absolute atomic E-state index is 15.1. The van der Waals surface area contributed by atoms with Gasteiger partial charge in [0.05, 0.1) is 12.0 Å². The second kappa shape index (κ2) is 11.5. The molecule has 0 N–H and O–H groups in total. The highest BCUT2D eigenvalue weighted by Gasteiger charge is 2.58. The summed E-state index contributed by atoms with van der Waals surface area (Å²) in [4.78, 5) is 8.59. The van der Waals surface area contributed by atoms with Gasteiger partial charge in [0.25, 0.3) is 0 Å². The predicted octanol–water partition coefficient (Wildman–Crippen LogP) is 7.41. The fourth-order valence-corrected chi connectivity index (χ4v) is 6.25. The van der Waals surface area contributed by atoms with Crippen LogP contribution in [0.3, 0.4) is 0 Å². The van der Waals surface area contributed by atoms with Crippen LogP contribution in [0.15, 0.2) is 43.1 Å². The van der Waals surface area contributed by atoms with E-state index in [0.29, 0.717) is 49.0 Å². The first-order valence-electron chi connectivity index (χ1n) is 14.3. The molecule has 2 aromatic rings. The zero-order valence-corrected chi connectivity index (χ0v) is 22.8. The summed E-state index contributed by atoms with van der Waals surface area (Å²) in [5, 5.41) is 0. The van der Waals surface area contributed by atoms with Crippen LogP contribution in [0.5, 0.6) is 5.88 Å². The van der Waals surface area contributed by atoms with Crippen molar-refractivity contribution in [3.05, 3.63) is 54.5 Å². The van der Waals surface area contributed by atoms with Crippen LogP contribution in [0, 0.1) is 23.1 Å². The number of aromatic nitrogens is 1. The number of piperidine rings is 2. The quantitative estimate of drug-likeness (QED) is 0.323. The summed E-state index contributed by atoms with van der Waals surface area (Å²) in [6.45, 7) is 10.3. The molecule has 0 bridgehead atoms. The molecule has 1 saturated carbocycles. The highest BCUT2D eigenvalue weighted by Crippen LogP contribution is 2.53. The van der Waals surface area contributed by atoms with E-state index in [9.17, 15) is 13.2 Å². The lowest BCUT2D eigenvalue weighted by atomic mass is 9.67. The molecule has 2 aliphatic heterocycles. The number of pyridine rings is 1. The van der Waals surface area contributed by atoms with Crippen molar-refractivity contribution in [2.24, 2.45) is 17.3 Å². The number of halogens is 4. The van der Waals surface area contributed by atoms with Gasteiger partial charge in [-0.3, -0.25) is 0 Å². The third-order valence-corrected chi connectivity index (χ3v) is 9.00. The van der Waals surface area contributed by atoms with Crippen molar-refractivity contribution in [1.29, 1.82) is 0 Å². The van der Waals surface area contributed by atoms with Crippen LogP contribution >= 0.6 is 0 Å². The smallest absolute Gasteiger partial charge is 0.395 e. The Morgan fingerprint density at radius 2 is 1.85 bits per heavy atom. The fraction of sp³-hybridized carbons (Fsp3) is 0.581. The first-order chi connectivity index (χ1) is 18.6. The minimum atomic E-state index is -4.12. The standard InChI is InChI=1S/C31H39F4N3O/c1-22-5-3-14-38(19-22)23(2)25-6-8-27(28(32)17-25)26-7-9-29(36-18-26)39-20-24-10-15-37(16-11-24)21-30(12-4-13-30)31(33,34)35/h6-9,17-18,22,24H,2-5,10-16,19-21H2,1H3. The van der Waals surface area contributed by atoms with Gasteiger partial charge in [-0.15, -0.1) is 0 Å². The topological polar surface area (TPSA) is 28.6 Å². The number of hydrogen-bond acceptors (Lipinski definition) is 4. The Morgan fingerprint density at radius 1 is 1.08 bits per heavy atom. The normalized spacial score (nSPS) is 22.4. The van der Waals surface area contributed by atoms with Crippen molar-refractivity contribution in [1.82, 2.24) is 14.8 Å². The van der Waals surface area contributed by atoms with Gasteiger partial charge in [-0.25, -0.2) is 9.37 Å². The van der Waals surface area contributed by atoms with Crippen molar-refractivity contribution in [2.45, 2.75) is 58.0 Å². The molecule has 8 heteroatoms. The summed E-state index contributed by atoms with van der Waals surface area (Å²) < 4.78 is 61.5. The van der Waals surface area contributed by atoms with E-state index in [1.165, 1.54) is 6.42 Å². The van der Waals surface area contributed by atoms with E-state index in [4.69, 9.17) is 4.74 Å². The molecule has 5 rings (SSSR count). The highest BCUT2D eigenvalue weighted by atomic mass is 19.4. The molecule has 4 nitrogen and oxygen atoms in total.